The van der Waals surface area contributed by atoms with Crippen LogP contribution in [0.4, 0.5) is 0 Å². The summed E-state index contributed by atoms with van der Waals surface area (Å²) in [5.41, 5.74) is -0.877. The molecule has 13 heavy (non-hydrogen) atoms. The molecule has 0 aromatic heterocycles. The zero-order chi connectivity index (χ0) is 10.5. The predicted molar refractivity (Wildman–Crippen MR) is 50.6 cm³/mol. The van der Waals surface area contributed by atoms with Gasteiger partial charge >= 0.3 is 5.97 Å². The van der Waals surface area contributed by atoms with Gasteiger partial charge < -0.3 is 10.2 Å². The van der Waals surface area contributed by atoms with Gasteiger partial charge in [0, 0.05) is 13.1 Å². The lowest BCUT2D eigenvalue weighted by molar-refractivity contribution is -0.138. The van der Waals surface area contributed by atoms with Crippen LogP contribution < -0.4 is 0 Å². The number of carbonyl (C=O) groups is 1. The van der Waals surface area contributed by atoms with Crippen LogP contribution in [0, 0.1) is 0 Å². The number of aliphatic carboxylic acids is 1. The number of nitrogens with zero attached hydrogens (tertiary/aromatic N) is 1. The maximum Gasteiger partial charge on any atom is 0.317 e. The molecule has 0 amide bonds. The highest BCUT2D eigenvalue weighted by Crippen LogP contribution is 2.04. The van der Waals surface area contributed by atoms with Crippen molar-refractivity contribution >= 4 is 5.97 Å². The van der Waals surface area contributed by atoms with E-state index in [1.54, 1.807) is 24.8 Å². The van der Waals surface area contributed by atoms with Gasteiger partial charge in [0.2, 0.25) is 0 Å². The third-order valence-corrected chi connectivity index (χ3v) is 1.36. The smallest absolute Gasteiger partial charge is 0.317 e. The summed E-state index contributed by atoms with van der Waals surface area (Å²) in [5.74, 6) is -0.897. The Labute approximate surface area is 78.5 Å². The molecule has 0 aliphatic rings. The van der Waals surface area contributed by atoms with Crippen LogP contribution in [0.1, 0.15) is 13.8 Å². The van der Waals surface area contributed by atoms with E-state index < -0.39 is 11.6 Å². The van der Waals surface area contributed by atoms with Gasteiger partial charge in [-0.15, -0.1) is 6.58 Å². The fourth-order valence-corrected chi connectivity index (χ4v) is 1.11. The first-order valence-electron chi connectivity index (χ1n) is 4.12. The first-order valence-corrected chi connectivity index (χ1v) is 4.12. The molecule has 0 unspecified atom stereocenters. The van der Waals surface area contributed by atoms with Gasteiger partial charge in [-0.05, 0) is 13.8 Å². The van der Waals surface area contributed by atoms with Crippen molar-refractivity contribution in [2.24, 2.45) is 0 Å². The summed E-state index contributed by atoms with van der Waals surface area (Å²) in [4.78, 5) is 12.0. The molecule has 0 rings (SSSR count). The summed E-state index contributed by atoms with van der Waals surface area (Å²) in [6, 6.07) is 0. The Balaban J connectivity index is 4.09. The molecule has 0 radical (unpaired) electrons. The number of hydrogen-bond donors (Lipinski definition) is 2. The van der Waals surface area contributed by atoms with Gasteiger partial charge in [0.05, 0.1) is 12.1 Å². The Morgan fingerprint density at radius 1 is 1.62 bits per heavy atom. The van der Waals surface area contributed by atoms with Gasteiger partial charge in [-0.1, -0.05) is 6.08 Å². The summed E-state index contributed by atoms with van der Waals surface area (Å²) >= 11 is 0. The second kappa shape index (κ2) is 4.99. The molecule has 0 bridgehead atoms. The molecule has 0 aromatic carbocycles. The highest BCUT2D eigenvalue weighted by Gasteiger charge is 2.18. The van der Waals surface area contributed by atoms with Crippen LogP contribution in [0.15, 0.2) is 12.7 Å². The average Bonchev–Trinajstić information content (AvgIpc) is 1.81. The quantitative estimate of drug-likeness (QED) is 0.588. The van der Waals surface area contributed by atoms with Crippen LogP contribution in [0.3, 0.4) is 0 Å². The van der Waals surface area contributed by atoms with Gasteiger partial charge in [-0.25, -0.2) is 0 Å². The Hall–Kier alpha value is -0.870. The average molecular weight is 187 g/mol. The van der Waals surface area contributed by atoms with Crippen LogP contribution in [-0.4, -0.2) is 46.3 Å². The summed E-state index contributed by atoms with van der Waals surface area (Å²) in [7, 11) is 0. The van der Waals surface area contributed by atoms with E-state index in [-0.39, 0.29) is 6.54 Å². The lowest BCUT2D eigenvalue weighted by Gasteiger charge is -2.26. The van der Waals surface area contributed by atoms with E-state index in [2.05, 4.69) is 6.58 Å². The summed E-state index contributed by atoms with van der Waals surface area (Å²) < 4.78 is 0. The van der Waals surface area contributed by atoms with Crippen LogP contribution in [0.2, 0.25) is 0 Å². The molecule has 4 heteroatoms. The molecule has 4 nitrogen and oxygen atoms in total. The van der Waals surface area contributed by atoms with Gasteiger partial charge in [0.25, 0.3) is 0 Å². The van der Waals surface area contributed by atoms with Crippen LogP contribution in [0.25, 0.3) is 0 Å². The first kappa shape index (κ1) is 12.1. The second-order valence-electron chi connectivity index (χ2n) is 3.66. The van der Waals surface area contributed by atoms with E-state index in [0.717, 1.165) is 0 Å². The van der Waals surface area contributed by atoms with Gasteiger partial charge in [-0.2, -0.15) is 0 Å². The highest BCUT2D eigenvalue weighted by molar-refractivity contribution is 5.69. The molecule has 0 atom stereocenters. The minimum Gasteiger partial charge on any atom is -0.480 e. The summed E-state index contributed by atoms with van der Waals surface area (Å²) in [6.07, 6.45) is 1.62. The number of hydrogen-bond acceptors (Lipinski definition) is 3. The topological polar surface area (TPSA) is 60.8 Å². The van der Waals surface area contributed by atoms with E-state index >= 15 is 0 Å². The van der Waals surface area contributed by atoms with Crippen LogP contribution in [-0.2, 0) is 4.79 Å². The molecule has 0 aromatic rings. The van der Waals surface area contributed by atoms with E-state index in [4.69, 9.17) is 5.11 Å². The fourth-order valence-electron chi connectivity index (χ4n) is 1.11. The fraction of sp³-hybridized carbons (Fsp3) is 0.667. The molecule has 0 saturated carbocycles. The van der Waals surface area contributed by atoms with Crippen molar-refractivity contribution in [2.45, 2.75) is 19.4 Å². The third-order valence-electron chi connectivity index (χ3n) is 1.36. The highest BCUT2D eigenvalue weighted by atomic mass is 16.4. The third kappa shape index (κ3) is 7.49. The molecule has 0 aliphatic carbocycles. The molecular weight excluding hydrogens is 170 g/mol. The Bertz CT molecular complexity index is 184. The van der Waals surface area contributed by atoms with Crippen molar-refractivity contribution in [1.29, 1.82) is 0 Å². The van der Waals surface area contributed by atoms with E-state index in [0.29, 0.717) is 13.1 Å². The second-order valence-corrected chi connectivity index (χ2v) is 3.66. The van der Waals surface area contributed by atoms with Crippen molar-refractivity contribution in [3.63, 3.8) is 0 Å². The molecule has 0 heterocycles. The van der Waals surface area contributed by atoms with E-state index in [9.17, 15) is 9.90 Å². The first-order chi connectivity index (χ1) is 5.85. The monoisotopic (exact) mass is 187 g/mol. The Morgan fingerprint density at radius 3 is 2.46 bits per heavy atom. The minimum atomic E-state index is -0.897. The number of carboxylic acid groups (broad SMARTS) is 1. The zero-order valence-corrected chi connectivity index (χ0v) is 8.16. The van der Waals surface area contributed by atoms with Gasteiger partial charge in [0.1, 0.15) is 0 Å². The number of carboxylic acids is 1. The lowest BCUT2D eigenvalue weighted by Crippen LogP contribution is -2.41. The number of rotatable bonds is 6. The Kier molecular flexibility index (Phi) is 4.66. The SMILES string of the molecule is C=CCN(CC(=O)O)CC(C)(C)O. The molecule has 0 fully saturated rings. The van der Waals surface area contributed by atoms with Crippen LogP contribution in [0.5, 0.6) is 0 Å². The normalized spacial score (nSPS) is 11.7. The van der Waals surface area contributed by atoms with Crippen molar-refractivity contribution in [1.82, 2.24) is 4.90 Å². The van der Waals surface area contributed by atoms with Crippen molar-refractivity contribution in [3.8, 4) is 0 Å². The van der Waals surface area contributed by atoms with Crippen molar-refractivity contribution in [2.75, 3.05) is 19.6 Å². The maximum absolute atomic E-state index is 10.4. The number of aliphatic hydroxyl groups is 1. The molecule has 0 spiro atoms. The molecule has 76 valence electrons. The molecule has 0 aliphatic heterocycles. The summed E-state index contributed by atoms with van der Waals surface area (Å²) in [6.45, 7) is 7.53. The van der Waals surface area contributed by atoms with Crippen molar-refractivity contribution < 1.29 is 15.0 Å². The van der Waals surface area contributed by atoms with Crippen molar-refractivity contribution in [3.05, 3.63) is 12.7 Å². The van der Waals surface area contributed by atoms with Crippen LogP contribution >= 0.6 is 0 Å². The zero-order valence-electron chi connectivity index (χ0n) is 8.16. The predicted octanol–water partition coefficient (Wildman–Crippen LogP) is 0.330. The molecular formula is C9H17NO3. The standard InChI is InChI=1S/C9H17NO3/c1-4-5-10(6-8(11)12)7-9(2,3)13/h4,13H,1,5-7H2,2-3H3,(H,11,12). The summed E-state index contributed by atoms with van der Waals surface area (Å²) in [5, 5.41) is 18.0. The minimum absolute atomic E-state index is 0.0734. The molecule has 0 saturated heterocycles. The molecule has 2 N–H and O–H groups in total. The van der Waals surface area contributed by atoms with E-state index in [1.165, 1.54) is 0 Å². The lowest BCUT2D eigenvalue weighted by atomic mass is 10.1. The maximum atomic E-state index is 10.4. The largest absolute Gasteiger partial charge is 0.480 e. The van der Waals surface area contributed by atoms with Gasteiger partial charge in [0.15, 0.2) is 0 Å². The van der Waals surface area contributed by atoms with Gasteiger partial charge in [-0.3, -0.25) is 9.69 Å². The van der Waals surface area contributed by atoms with E-state index in [1.807, 2.05) is 0 Å². The Morgan fingerprint density at radius 2 is 2.15 bits per heavy atom.